The van der Waals surface area contributed by atoms with E-state index in [0.29, 0.717) is 44.9 Å². The maximum absolute atomic E-state index is 15.3. The molecule has 482 valence electrons. The van der Waals surface area contributed by atoms with Crippen LogP contribution < -0.4 is 0 Å². The summed E-state index contributed by atoms with van der Waals surface area (Å²) in [5.41, 5.74) is -1.93. The number of rotatable bonds is 13. The summed E-state index contributed by atoms with van der Waals surface area (Å²) in [6.45, 7) is 17.0. The molecule has 5 aliphatic carbocycles. The molecule has 26 nitrogen and oxygen atoms in total. The first-order chi connectivity index (χ1) is 39.4. The van der Waals surface area contributed by atoms with Crippen molar-refractivity contribution in [1.82, 2.24) is 0 Å². The quantitative estimate of drug-likeness (QED) is 0.0506. The molecule has 26 heteroatoms. The number of aliphatic hydroxyl groups excluding tert-OH is 15. The molecule has 0 aromatic rings. The molecular formula is C58H94O26. The van der Waals surface area contributed by atoms with E-state index in [9.17, 15) is 76.6 Å². The molecule has 5 heterocycles. The molecular weight excluding hydrogens is 1110 g/mol. The number of carbonyl (C=O) groups excluding carboxylic acids is 1. The molecule has 5 saturated heterocycles. The summed E-state index contributed by atoms with van der Waals surface area (Å²) in [5, 5.41) is 163. The average molecular weight is 1210 g/mol. The van der Waals surface area contributed by atoms with Crippen molar-refractivity contribution in [3.63, 3.8) is 0 Å². The molecule has 0 radical (unpaired) electrons. The molecule has 0 unspecified atom stereocenters. The van der Waals surface area contributed by atoms with E-state index in [2.05, 4.69) is 27.4 Å². The number of esters is 1. The first-order valence-corrected chi connectivity index (χ1v) is 30.2. The molecule has 0 spiro atoms. The number of carbonyl (C=O) groups is 1. The lowest BCUT2D eigenvalue weighted by molar-refractivity contribution is -0.404. The Morgan fingerprint density at radius 2 is 1.17 bits per heavy atom. The van der Waals surface area contributed by atoms with Crippen LogP contribution in [0.15, 0.2) is 12.2 Å². The van der Waals surface area contributed by atoms with E-state index < -0.39 is 177 Å². The van der Waals surface area contributed by atoms with Crippen molar-refractivity contribution in [1.29, 1.82) is 0 Å². The summed E-state index contributed by atoms with van der Waals surface area (Å²) in [6.07, 6.45) is -33.6. The van der Waals surface area contributed by atoms with Gasteiger partial charge in [-0.15, -0.1) is 0 Å². The fraction of sp³-hybridized carbons (Fsp3) is 0.948. The molecule has 35 atom stereocenters. The summed E-state index contributed by atoms with van der Waals surface area (Å²) < 4.78 is 58.9. The Balaban J connectivity index is 0.839. The Morgan fingerprint density at radius 1 is 0.536 bits per heavy atom. The SMILES string of the molecule is C=C(C)[C@@H]1CC[C@]2(C(=O)O[C@@H]3O[C@@H](O[C@@H]4O[C@H](CO)[C@@H](O[C@@H]5O[C@H](C)[C@H](O)[C@H](O)[C@H]5O)[C@H](O)[C@H]4O)[C@@H](O)[C@@H](O)[C@@H]3O)CC[C@]3(C)[C@H](CC[C@@H]4[C@@]5(C)CC[C@H](O[C@@H]6OC[C@H](O)[C@H](O)[C@H]6O[C@H]6[C@@H](O)[C@H](O)O[C@H](C)[C@@H]6O)[C@@](C)(CO)[C@@H]5CC[C@]43C)[C@@H]12. The summed E-state index contributed by atoms with van der Waals surface area (Å²) in [7, 11) is 0. The van der Waals surface area contributed by atoms with Gasteiger partial charge < -0.3 is 124 Å². The Morgan fingerprint density at radius 3 is 1.83 bits per heavy atom. The van der Waals surface area contributed by atoms with Crippen LogP contribution in [0, 0.1) is 56.7 Å². The summed E-state index contributed by atoms with van der Waals surface area (Å²) in [6, 6.07) is 0. The first kappa shape index (κ1) is 65.2. The van der Waals surface area contributed by atoms with Crippen LogP contribution in [0.3, 0.4) is 0 Å². The van der Waals surface area contributed by atoms with Crippen LogP contribution in [0.5, 0.6) is 0 Å². The Kier molecular flexibility index (Phi) is 18.7. The minimum absolute atomic E-state index is 0.00958. The molecule has 5 aliphatic heterocycles. The predicted molar refractivity (Wildman–Crippen MR) is 283 cm³/mol. The number of ether oxygens (including phenoxy) is 10. The molecule has 5 saturated carbocycles. The van der Waals surface area contributed by atoms with Crippen molar-refractivity contribution in [2.24, 2.45) is 56.7 Å². The Bertz CT molecular complexity index is 2310. The van der Waals surface area contributed by atoms with E-state index in [1.54, 1.807) is 0 Å². The van der Waals surface area contributed by atoms with Crippen molar-refractivity contribution >= 4 is 5.97 Å². The molecule has 10 aliphatic rings. The maximum atomic E-state index is 15.3. The lowest BCUT2D eigenvalue weighted by atomic mass is 9.32. The van der Waals surface area contributed by atoms with Crippen molar-refractivity contribution in [3.8, 4) is 0 Å². The van der Waals surface area contributed by atoms with Gasteiger partial charge in [0.05, 0.1) is 43.5 Å². The van der Waals surface area contributed by atoms with E-state index in [1.807, 2.05) is 13.8 Å². The van der Waals surface area contributed by atoms with E-state index in [1.165, 1.54) is 13.8 Å². The minimum Gasteiger partial charge on any atom is -0.432 e. The fourth-order valence-corrected chi connectivity index (χ4v) is 18.3. The second kappa shape index (κ2) is 24.1. The lowest BCUT2D eigenvalue weighted by Crippen LogP contribution is -2.68. The normalized spacial score (nSPS) is 56.8. The third kappa shape index (κ3) is 10.5. The molecule has 0 aromatic carbocycles. The third-order valence-corrected chi connectivity index (χ3v) is 23.3. The van der Waals surface area contributed by atoms with Crippen molar-refractivity contribution in [2.45, 2.75) is 266 Å². The summed E-state index contributed by atoms with van der Waals surface area (Å²) in [5.74, 6) is -0.932. The minimum atomic E-state index is -2.03. The van der Waals surface area contributed by atoms with E-state index in [0.717, 1.165) is 24.8 Å². The summed E-state index contributed by atoms with van der Waals surface area (Å²) >= 11 is 0. The Labute approximate surface area is 488 Å². The van der Waals surface area contributed by atoms with Crippen LogP contribution >= 0.6 is 0 Å². The van der Waals surface area contributed by atoms with Gasteiger partial charge in [0.2, 0.25) is 6.29 Å². The van der Waals surface area contributed by atoms with Crippen LogP contribution in [0.1, 0.15) is 113 Å². The first-order valence-electron chi connectivity index (χ1n) is 30.2. The van der Waals surface area contributed by atoms with Crippen LogP contribution in [-0.2, 0) is 52.2 Å². The van der Waals surface area contributed by atoms with Gasteiger partial charge >= 0.3 is 5.97 Å². The molecule has 10 fully saturated rings. The largest absolute Gasteiger partial charge is 0.432 e. The standard InChI is InChI=1S/C58H94O26/c1-22(2)25-11-16-58(53(74)84-51-41(70)37(66)40(69)50(83-51)82-49-42(71)38(67)44(28(19-59)78-49)81-48-39(68)36(65)33(62)23(3)77-48)18-17-56(7)26(32(25)58)9-10-30-54(5)14-13-31(55(6,21-60)29(54)12-15-57(30,56)8)79-52-46(35(64)27(61)20-75-52)80-45-34(63)24(4)76-47(73)43(45)72/h23-52,59-73H,1,9-21H2,2-8H3/t23-,24-,25+,26-,27+,28-,29-,30-,31+,32-,33+,34+,35+,36+,37-,38-,39-,40+,41+,42-,43-,44-,45-,46-,47-,48+,49+,50-,51+,52+,54+,55+,56-,57-,58+/m1/s1. The van der Waals surface area contributed by atoms with Crippen LogP contribution in [0.2, 0.25) is 0 Å². The number of hydrogen-bond acceptors (Lipinski definition) is 26. The molecule has 0 amide bonds. The van der Waals surface area contributed by atoms with Gasteiger partial charge in [0, 0.05) is 5.41 Å². The highest BCUT2D eigenvalue weighted by Gasteiger charge is 2.73. The van der Waals surface area contributed by atoms with Crippen LogP contribution in [-0.4, -0.2) is 256 Å². The highest BCUT2D eigenvalue weighted by molar-refractivity contribution is 5.78. The van der Waals surface area contributed by atoms with E-state index in [4.69, 9.17) is 47.4 Å². The van der Waals surface area contributed by atoms with Gasteiger partial charge in [0.15, 0.2) is 31.5 Å². The summed E-state index contributed by atoms with van der Waals surface area (Å²) in [4.78, 5) is 15.3. The van der Waals surface area contributed by atoms with Gasteiger partial charge in [-0.3, -0.25) is 4.79 Å². The van der Waals surface area contributed by atoms with Gasteiger partial charge in [-0.05, 0) is 131 Å². The van der Waals surface area contributed by atoms with Crippen LogP contribution in [0.4, 0.5) is 0 Å². The van der Waals surface area contributed by atoms with Gasteiger partial charge in [0.1, 0.15) is 97.7 Å². The van der Waals surface area contributed by atoms with E-state index >= 15 is 4.79 Å². The second-order valence-electron chi connectivity index (χ2n) is 27.6. The Hall–Kier alpha value is -1.75. The predicted octanol–water partition coefficient (Wildman–Crippen LogP) is -2.73. The lowest BCUT2D eigenvalue weighted by Gasteiger charge is -2.73. The third-order valence-electron chi connectivity index (χ3n) is 23.3. The van der Waals surface area contributed by atoms with Crippen molar-refractivity contribution < 1.29 is 129 Å². The molecule has 0 bridgehead atoms. The molecule has 10 rings (SSSR count). The van der Waals surface area contributed by atoms with Gasteiger partial charge in [-0.25, -0.2) is 0 Å². The average Bonchev–Trinajstić information content (AvgIpc) is 1.04. The molecule has 84 heavy (non-hydrogen) atoms. The zero-order valence-electron chi connectivity index (χ0n) is 48.9. The highest BCUT2D eigenvalue weighted by atomic mass is 16.8. The van der Waals surface area contributed by atoms with Gasteiger partial charge in [-0.1, -0.05) is 39.8 Å². The maximum Gasteiger partial charge on any atom is 0.314 e. The molecule has 15 N–H and O–H groups in total. The number of allylic oxidation sites excluding steroid dienone is 1. The number of aliphatic hydroxyl groups is 15. The molecule has 0 aromatic heterocycles. The number of fused-ring (bicyclic) bond motifs is 7. The highest BCUT2D eigenvalue weighted by Crippen LogP contribution is 2.78. The van der Waals surface area contributed by atoms with E-state index in [-0.39, 0.29) is 59.0 Å². The smallest absolute Gasteiger partial charge is 0.314 e. The van der Waals surface area contributed by atoms with Crippen molar-refractivity contribution in [3.05, 3.63) is 12.2 Å². The van der Waals surface area contributed by atoms with Gasteiger partial charge in [-0.2, -0.15) is 0 Å². The van der Waals surface area contributed by atoms with Gasteiger partial charge in [0.25, 0.3) is 0 Å². The van der Waals surface area contributed by atoms with Crippen LogP contribution in [0.25, 0.3) is 0 Å². The zero-order chi connectivity index (χ0) is 61.2. The fourth-order valence-electron chi connectivity index (χ4n) is 18.3. The second-order valence-corrected chi connectivity index (χ2v) is 27.6. The topological polar surface area (TPSA) is 413 Å². The number of hydrogen-bond donors (Lipinski definition) is 15. The van der Waals surface area contributed by atoms with Crippen molar-refractivity contribution in [2.75, 3.05) is 19.8 Å². The zero-order valence-corrected chi connectivity index (χ0v) is 48.9. The monoisotopic (exact) mass is 1210 g/mol.